The summed E-state index contributed by atoms with van der Waals surface area (Å²) in [5.41, 5.74) is 0.741. The lowest BCUT2D eigenvalue weighted by molar-refractivity contribution is -0.187. The first-order valence-electron chi connectivity index (χ1n) is 9.07. The van der Waals surface area contributed by atoms with E-state index in [4.69, 9.17) is 0 Å². The lowest BCUT2D eigenvalue weighted by atomic mass is 10.0. The molecule has 0 aliphatic heterocycles. The average molecular weight is 408 g/mol. The van der Waals surface area contributed by atoms with Gasteiger partial charge in [0.2, 0.25) is 0 Å². The molecule has 0 aromatic heterocycles. The molecule has 0 saturated carbocycles. The van der Waals surface area contributed by atoms with Gasteiger partial charge in [0, 0.05) is 17.7 Å². The Balaban J connectivity index is 0.00000145. The molecule has 6 heteroatoms. The van der Waals surface area contributed by atoms with E-state index in [1.54, 1.807) is 12.1 Å². The molecule has 0 aliphatic carbocycles. The van der Waals surface area contributed by atoms with Gasteiger partial charge in [-0.15, -0.1) is 0 Å². The third-order valence-corrected chi connectivity index (χ3v) is 4.17. The largest absolute Gasteiger partial charge is 0.429 e. The van der Waals surface area contributed by atoms with Crippen molar-refractivity contribution < 1.29 is 26.7 Å². The first kappa shape index (κ1) is 22.4. The van der Waals surface area contributed by atoms with Gasteiger partial charge in [0.25, 0.3) is 0 Å². The molecular formula is C23H21F5O. The van der Waals surface area contributed by atoms with Crippen LogP contribution in [-0.2, 0) is 6.11 Å². The van der Waals surface area contributed by atoms with Crippen molar-refractivity contribution in [2.24, 2.45) is 0 Å². The third kappa shape index (κ3) is 5.13. The molecule has 0 radical (unpaired) electrons. The maximum Gasteiger partial charge on any atom is 0.429 e. The number of hydrogen-bond acceptors (Lipinski definition) is 1. The predicted molar refractivity (Wildman–Crippen MR) is 104 cm³/mol. The molecule has 3 aromatic rings. The van der Waals surface area contributed by atoms with Crippen LogP contribution in [0.15, 0.2) is 54.6 Å². The van der Waals surface area contributed by atoms with Crippen molar-refractivity contribution in [1.82, 2.24) is 0 Å². The lowest BCUT2D eigenvalue weighted by Gasteiger charge is -2.19. The minimum absolute atomic E-state index is 0.320. The molecule has 3 aromatic carbocycles. The van der Waals surface area contributed by atoms with Crippen molar-refractivity contribution in [3.8, 4) is 16.9 Å². The summed E-state index contributed by atoms with van der Waals surface area (Å²) < 4.78 is 74.5. The van der Waals surface area contributed by atoms with E-state index >= 15 is 0 Å². The molecule has 0 heterocycles. The van der Waals surface area contributed by atoms with Crippen LogP contribution in [-0.4, -0.2) is 0 Å². The second-order valence-electron chi connectivity index (χ2n) is 6.19. The topological polar surface area (TPSA) is 9.23 Å². The highest BCUT2D eigenvalue weighted by atomic mass is 19.3. The van der Waals surface area contributed by atoms with Gasteiger partial charge in [-0.05, 0) is 37.1 Å². The second-order valence-corrected chi connectivity index (χ2v) is 6.19. The minimum atomic E-state index is -4.11. The highest BCUT2D eigenvalue weighted by Crippen LogP contribution is 2.35. The van der Waals surface area contributed by atoms with E-state index in [1.165, 1.54) is 6.07 Å². The summed E-state index contributed by atoms with van der Waals surface area (Å²) in [5.74, 6) is -3.99. The second kappa shape index (κ2) is 9.07. The number of ether oxygens (including phenoxy) is 1. The van der Waals surface area contributed by atoms with Gasteiger partial charge in [-0.3, -0.25) is 0 Å². The molecular weight excluding hydrogens is 387 g/mol. The molecule has 29 heavy (non-hydrogen) atoms. The molecule has 0 fully saturated rings. The van der Waals surface area contributed by atoms with Crippen molar-refractivity contribution >= 4 is 0 Å². The van der Waals surface area contributed by atoms with Gasteiger partial charge in [0.1, 0.15) is 23.2 Å². The molecule has 0 unspecified atom stereocenters. The van der Waals surface area contributed by atoms with Crippen molar-refractivity contribution in [3.63, 3.8) is 0 Å². The van der Waals surface area contributed by atoms with E-state index in [2.05, 4.69) is 4.74 Å². The van der Waals surface area contributed by atoms with Crippen LogP contribution in [0.5, 0.6) is 5.75 Å². The summed E-state index contributed by atoms with van der Waals surface area (Å²) in [5, 5.41) is 0. The van der Waals surface area contributed by atoms with Crippen molar-refractivity contribution in [3.05, 3.63) is 88.7 Å². The third-order valence-electron chi connectivity index (χ3n) is 4.17. The van der Waals surface area contributed by atoms with Crippen LogP contribution >= 0.6 is 0 Å². The monoisotopic (exact) mass is 408 g/mol. The zero-order chi connectivity index (χ0) is 21.8. The van der Waals surface area contributed by atoms with Crippen LogP contribution in [0.2, 0.25) is 0 Å². The first-order valence-corrected chi connectivity index (χ1v) is 9.07. The van der Waals surface area contributed by atoms with E-state index in [-0.39, 0.29) is 5.56 Å². The highest BCUT2D eigenvalue weighted by Gasteiger charge is 2.38. The summed E-state index contributed by atoms with van der Waals surface area (Å²) >= 11 is 0. The number of benzene rings is 3. The Hall–Kier alpha value is -2.89. The lowest BCUT2D eigenvalue weighted by Crippen LogP contribution is -2.23. The van der Waals surface area contributed by atoms with E-state index < -0.39 is 34.9 Å². The fraction of sp³-hybridized carbons (Fsp3) is 0.217. The summed E-state index contributed by atoms with van der Waals surface area (Å²) in [7, 11) is 0. The average Bonchev–Trinajstić information content (AvgIpc) is 2.67. The van der Waals surface area contributed by atoms with Gasteiger partial charge < -0.3 is 4.74 Å². The molecule has 0 spiro atoms. The molecule has 0 amide bonds. The fourth-order valence-electron chi connectivity index (χ4n) is 2.56. The maximum absolute atomic E-state index is 14.3. The Labute approximate surface area is 166 Å². The minimum Gasteiger partial charge on any atom is -0.429 e. The Morgan fingerprint density at radius 3 is 1.72 bits per heavy atom. The van der Waals surface area contributed by atoms with Gasteiger partial charge in [0.15, 0.2) is 0 Å². The molecule has 0 bridgehead atoms. The smallest absolute Gasteiger partial charge is 0.429 e. The van der Waals surface area contributed by atoms with E-state index in [0.29, 0.717) is 23.3 Å². The zero-order valence-corrected chi connectivity index (χ0v) is 16.5. The standard InChI is InChI=1S/C21H15F5O.C2H6/c1-12-3-5-14(6-4-12)15-7-8-17(20(24)9-15)21(25,26)27-16-10-18(22)13(2)19(23)11-16;1-2/h3-11H,1-2H3;1-2H3. The number of hydrogen-bond donors (Lipinski definition) is 0. The quantitative estimate of drug-likeness (QED) is 0.405. The first-order chi connectivity index (χ1) is 13.7. The fourth-order valence-corrected chi connectivity index (χ4v) is 2.56. The van der Waals surface area contributed by atoms with Crippen LogP contribution in [0.25, 0.3) is 11.1 Å². The van der Waals surface area contributed by atoms with Crippen molar-refractivity contribution in [2.45, 2.75) is 33.8 Å². The molecule has 1 nitrogen and oxygen atoms in total. The van der Waals surface area contributed by atoms with Gasteiger partial charge in [-0.1, -0.05) is 49.7 Å². The number of halogens is 5. The van der Waals surface area contributed by atoms with Crippen LogP contribution < -0.4 is 4.74 Å². The number of aryl methyl sites for hydroxylation is 1. The Morgan fingerprint density at radius 1 is 0.690 bits per heavy atom. The van der Waals surface area contributed by atoms with Crippen LogP contribution in [0.4, 0.5) is 22.0 Å². The van der Waals surface area contributed by atoms with Crippen molar-refractivity contribution in [2.75, 3.05) is 0 Å². The van der Waals surface area contributed by atoms with Crippen LogP contribution in [0.3, 0.4) is 0 Å². The van der Waals surface area contributed by atoms with E-state index in [1.807, 2.05) is 32.9 Å². The Morgan fingerprint density at radius 2 is 1.21 bits per heavy atom. The molecule has 0 saturated heterocycles. The number of rotatable bonds is 4. The molecule has 0 aliphatic rings. The summed E-state index contributed by atoms with van der Waals surface area (Å²) in [6.45, 7) is 7.05. The van der Waals surface area contributed by atoms with Crippen molar-refractivity contribution in [1.29, 1.82) is 0 Å². The Bertz CT molecular complexity index is 958. The van der Waals surface area contributed by atoms with Crippen LogP contribution in [0.1, 0.15) is 30.5 Å². The summed E-state index contributed by atoms with van der Waals surface area (Å²) in [6.07, 6.45) is -4.11. The Kier molecular flexibility index (Phi) is 7.01. The van der Waals surface area contributed by atoms with E-state index in [9.17, 15) is 22.0 Å². The van der Waals surface area contributed by atoms with Gasteiger partial charge in [-0.25, -0.2) is 13.2 Å². The van der Waals surface area contributed by atoms with Crippen LogP contribution in [0, 0.1) is 31.3 Å². The maximum atomic E-state index is 14.3. The van der Waals surface area contributed by atoms with E-state index in [0.717, 1.165) is 24.6 Å². The van der Waals surface area contributed by atoms with Gasteiger partial charge in [0.05, 0.1) is 5.56 Å². The SMILES string of the molecule is CC.Cc1ccc(-c2ccc(C(F)(F)Oc3cc(F)c(C)c(F)c3)c(F)c2)cc1. The zero-order valence-electron chi connectivity index (χ0n) is 16.5. The van der Waals surface area contributed by atoms with Gasteiger partial charge >= 0.3 is 6.11 Å². The molecule has 3 rings (SSSR count). The normalized spacial score (nSPS) is 10.9. The highest BCUT2D eigenvalue weighted by molar-refractivity contribution is 5.64. The number of alkyl halides is 2. The van der Waals surface area contributed by atoms with Gasteiger partial charge in [-0.2, -0.15) is 8.78 Å². The molecule has 154 valence electrons. The molecule has 0 N–H and O–H groups in total. The molecule has 0 atom stereocenters. The summed E-state index contributed by atoms with van der Waals surface area (Å²) in [6, 6.07) is 11.6. The predicted octanol–water partition coefficient (Wildman–Crippen LogP) is 7.54. The summed E-state index contributed by atoms with van der Waals surface area (Å²) in [4.78, 5) is 0.